The smallest absolute Gasteiger partial charge is 0.165 e. The summed E-state index contributed by atoms with van der Waals surface area (Å²) in [6.45, 7) is 1.99. The van der Waals surface area contributed by atoms with Crippen molar-refractivity contribution in [2.75, 3.05) is 11.2 Å². The Labute approximate surface area is 82.1 Å². The summed E-state index contributed by atoms with van der Waals surface area (Å²) in [7, 11) is 0. The van der Waals surface area contributed by atoms with E-state index in [1.54, 1.807) is 12.3 Å². The predicted molar refractivity (Wildman–Crippen MR) is 52.6 cm³/mol. The summed E-state index contributed by atoms with van der Waals surface area (Å²) in [4.78, 5) is 3.87. The van der Waals surface area contributed by atoms with Crippen LogP contribution in [0, 0.1) is 5.82 Å². The van der Waals surface area contributed by atoms with Gasteiger partial charge in [0, 0.05) is 18.1 Å². The average Bonchev–Trinajstić information content (AvgIpc) is 2.17. The molecule has 0 spiro atoms. The molecule has 0 saturated heterocycles. The molecule has 1 unspecified atom stereocenters. The number of halogens is 2. The zero-order valence-electron chi connectivity index (χ0n) is 7.43. The third-order valence-electron chi connectivity index (χ3n) is 1.78. The minimum atomic E-state index is -0.342. The second kappa shape index (κ2) is 5.02. The maximum Gasteiger partial charge on any atom is 0.165 e. The summed E-state index contributed by atoms with van der Waals surface area (Å²) in [6, 6.07) is 3.00. The molecule has 13 heavy (non-hydrogen) atoms. The molecule has 0 aromatic carbocycles. The first-order valence-electron chi connectivity index (χ1n) is 4.21. The van der Waals surface area contributed by atoms with E-state index in [1.165, 1.54) is 6.07 Å². The molecular formula is C9H12ClFN2. The summed E-state index contributed by atoms with van der Waals surface area (Å²) in [5.41, 5.74) is 0. The standard InChI is InChI=1S/C9H12ClFN2/c1-2-7(6-10)13-9-8(11)4-3-5-12-9/h3-5,7H,2,6H2,1H3,(H,12,13). The highest BCUT2D eigenvalue weighted by Gasteiger charge is 2.07. The van der Waals surface area contributed by atoms with Crippen molar-refractivity contribution in [2.24, 2.45) is 0 Å². The minimum absolute atomic E-state index is 0.0751. The van der Waals surface area contributed by atoms with Crippen LogP contribution in [0.2, 0.25) is 0 Å². The van der Waals surface area contributed by atoms with Crippen molar-refractivity contribution in [3.8, 4) is 0 Å². The van der Waals surface area contributed by atoms with Crippen molar-refractivity contribution in [1.82, 2.24) is 4.98 Å². The van der Waals surface area contributed by atoms with Crippen LogP contribution >= 0.6 is 11.6 Å². The Morgan fingerprint density at radius 3 is 3.00 bits per heavy atom. The number of alkyl halides is 1. The van der Waals surface area contributed by atoms with E-state index in [0.29, 0.717) is 5.88 Å². The normalized spacial score (nSPS) is 12.5. The summed E-state index contributed by atoms with van der Waals surface area (Å²) in [5, 5.41) is 2.93. The summed E-state index contributed by atoms with van der Waals surface area (Å²) < 4.78 is 13.1. The minimum Gasteiger partial charge on any atom is -0.364 e. The van der Waals surface area contributed by atoms with Crippen LogP contribution in [0.3, 0.4) is 0 Å². The number of nitrogens with zero attached hydrogens (tertiary/aromatic N) is 1. The third kappa shape index (κ3) is 2.84. The molecule has 0 aliphatic heterocycles. The number of hydrogen-bond acceptors (Lipinski definition) is 2. The number of hydrogen-bond donors (Lipinski definition) is 1. The Kier molecular flexibility index (Phi) is 3.96. The lowest BCUT2D eigenvalue weighted by atomic mass is 10.2. The lowest BCUT2D eigenvalue weighted by Gasteiger charge is -2.14. The highest BCUT2D eigenvalue weighted by atomic mass is 35.5. The molecule has 4 heteroatoms. The van der Waals surface area contributed by atoms with Gasteiger partial charge in [-0.2, -0.15) is 0 Å². The molecule has 0 amide bonds. The van der Waals surface area contributed by atoms with Crippen LogP contribution < -0.4 is 5.32 Å². The van der Waals surface area contributed by atoms with E-state index in [1.807, 2.05) is 6.92 Å². The van der Waals surface area contributed by atoms with Crippen LogP contribution in [-0.2, 0) is 0 Å². The van der Waals surface area contributed by atoms with E-state index in [4.69, 9.17) is 11.6 Å². The molecule has 1 atom stereocenters. The second-order valence-electron chi connectivity index (χ2n) is 2.74. The Morgan fingerprint density at radius 1 is 1.69 bits per heavy atom. The second-order valence-corrected chi connectivity index (χ2v) is 3.05. The molecule has 2 nitrogen and oxygen atoms in total. The molecule has 0 fully saturated rings. The molecule has 1 aromatic heterocycles. The summed E-state index contributed by atoms with van der Waals surface area (Å²) in [5.74, 6) is 0.382. The zero-order chi connectivity index (χ0) is 9.68. The van der Waals surface area contributed by atoms with E-state index in [2.05, 4.69) is 10.3 Å². The highest BCUT2D eigenvalue weighted by molar-refractivity contribution is 6.18. The molecule has 1 aromatic rings. The van der Waals surface area contributed by atoms with Gasteiger partial charge in [-0.1, -0.05) is 6.92 Å². The van der Waals surface area contributed by atoms with Gasteiger partial charge in [0.15, 0.2) is 11.6 Å². The number of rotatable bonds is 4. The maximum absolute atomic E-state index is 13.1. The van der Waals surface area contributed by atoms with Gasteiger partial charge in [0.2, 0.25) is 0 Å². The van der Waals surface area contributed by atoms with Crippen molar-refractivity contribution < 1.29 is 4.39 Å². The summed E-state index contributed by atoms with van der Waals surface area (Å²) >= 11 is 5.66. The molecule has 0 bridgehead atoms. The van der Waals surface area contributed by atoms with Gasteiger partial charge in [-0.15, -0.1) is 11.6 Å². The van der Waals surface area contributed by atoms with Crippen molar-refractivity contribution in [3.05, 3.63) is 24.1 Å². The Bertz CT molecular complexity index is 264. The molecule has 0 saturated carbocycles. The van der Waals surface area contributed by atoms with Crippen LogP contribution in [0.1, 0.15) is 13.3 Å². The first kappa shape index (κ1) is 10.3. The quantitative estimate of drug-likeness (QED) is 0.760. The zero-order valence-corrected chi connectivity index (χ0v) is 8.18. The largest absolute Gasteiger partial charge is 0.364 e. The van der Waals surface area contributed by atoms with Gasteiger partial charge < -0.3 is 5.32 Å². The van der Waals surface area contributed by atoms with E-state index in [0.717, 1.165) is 6.42 Å². The van der Waals surface area contributed by atoms with Gasteiger partial charge in [0.1, 0.15) is 0 Å². The van der Waals surface area contributed by atoms with Crippen LogP contribution in [0.25, 0.3) is 0 Å². The summed E-state index contributed by atoms with van der Waals surface area (Å²) in [6.07, 6.45) is 2.39. The van der Waals surface area contributed by atoms with Crippen molar-refractivity contribution >= 4 is 17.4 Å². The van der Waals surface area contributed by atoms with Crippen LogP contribution in [-0.4, -0.2) is 16.9 Å². The molecule has 0 aliphatic rings. The van der Waals surface area contributed by atoms with Gasteiger partial charge in [0.25, 0.3) is 0 Å². The molecule has 1 heterocycles. The van der Waals surface area contributed by atoms with Crippen molar-refractivity contribution in [3.63, 3.8) is 0 Å². The fourth-order valence-corrected chi connectivity index (χ4v) is 1.23. The molecule has 72 valence electrons. The average molecular weight is 203 g/mol. The molecule has 1 rings (SSSR count). The lowest BCUT2D eigenvalue weighted by molar-refractivity contribution is 0.618. The van der Waals surface area contributed by atoms with Gasteiger partial charge >= 0.3 is 0 Å². The SMILES string of the molecule is CCC(CCl)Nc1ncccc1F. The Hall–Kier alpha value is -0.830. The predicted octanol–water partition coefficient (Wildman–Crippen LogP) is 2.65. The van der Waals surface area contributed by atoms with Crippen LogP contribution in [0.15, 0.2) is 18.3 Å². The first-order chi connectivity index (χ1) is 6.27. The number of anilines is 1. The fraction of sp³-hybridized carbons (Fsp3) is 0.444. The van der Waals surface area contributed by atoms with E-state index < -0.39 is 0 Å². The molecular weight excluding hydrogens is 191 g/mol. The van der Waals surface area contributed by atoms with E-state index in [-0.39, 0.29) is 17.7 Å². The lowest BCUT2D eigenvalue weighted by Crippen LogP contribution is -2.21. The molecule has 1 N–H and O–H groups in total. The van der Waals surface area contributed by atoms with Crippen molar-refractivity contribution in [1.29, 1.82) is 0 Å². The topological polar surface area (TPSA) is 24.9 Å². The van der Waals surface area contributed by atoms with E-state index in [9.17, 15) is 4.39 Å². The van der Waals surface area contributed by atoms with Gasteiger partial charge in [-0.3, -0.25) is 0 Å². The fourth-order valence-electron chi connectivity index (χ4n) is 0.935. The van der Waals surface area contributed by atoms with Gasteiger partial charge in [0.05, 0.1) is 0 Å². The number of aromatic nitrogens is 1. The number of nitrogens with one attached hydrogen (secondary N) is 1. The Balaban J connectivity index is 2.67. The van der Waals surface area contributed by atoms with Crippen LogP contribution in [0.4, 0.5) is 10.2 Å². The molecule has 0 radical (unpaired) electrons. The molecule has 0 aliphatic carbocycles. The van der Waals surface area contributed by atoms with Gasteiger partial charge in [-0.05, 0) is 18.6 Å². The first-order valence-corrected chi connectivity index (χ1v) is 4.74. The third-order valence-corrected chi connectivity index (χ3v) is 2.15. The van der Waals surface area contributed by atoms with Crippen molar-refractivity contribution in [2.45, 2.75) is 19.4 Å². The van der Waals surface area contributed by atoms with Gasteiger partial charge in [-0.25, -0.2) is 9.37 Å². The monoisotopic (exact) mass is 202 g/mol. The maximum atomic E-state index is 13.1. The van der Waals surface area contributed by atoms with Crippen LogP contribution in [0.5, 0.6) is 0 Å². The Morgan fingerprint density at radius 2 is 2.46 bits per heavy atom. The van der Waals surface area contributed by atoms with E-state index >= 15 is 0 Å². The highest BCUT2D eigenvalue weighted by Crippen LogP contribution is 2.11. The number of pyridine rings is 1.